The molecule has 2 saturated heterocycles. The second kappa shape index (κ2) is 10.3. The number of nitrogens with two attached hydrogens (primary N) is 2. The van der Waals surface area contributed by atoms with E-state index in [1.165, 1.54) is 25.5 Å². The summed E-state index contributed by atoms with van der Waals surface area (Å²) in [5, 5.41) is 58.4. The largest absolute Gasteiger partial charge is 0.394 e. The number of aliphatic hydroxyl groups is 6. The molecule has 2 aliphatic rings. The minimum absolute atomic E-state index is 0.0537. The first-order valence-corrected chi connectivity index (χ1v) is 11.2. The Hall–Kier alpha value is -3.22. The van der Waals surface area contributed by atoms with Gasteiger partial charge >= 0.3 is 5.69 Å². The van der Waals surface area contributed by atoms with Gasteiger partial charge in [-0.3, -0.25) is 4.57 Å². The molecule has 0 unspecified atom stereocenters. The highest BCUT2D eigenvalue weighted by molar-refractivity contribution is 5.86. The highest BCUT2D eigenvalue weighted by atomic mass is 16.6. The van der Waals surface area contributed by atoms with Crippen molar-refractivity contribution < 1.29 is 40.1 Å². The molecule has 202 valence electrons. The fourth-order valence-electron chi connectivity index (χ4n) is 4.30. The molecule has 5 rings (SSSR count). The molecule has 3 aromatic heterocycles. The van der Waals surface area contributed by atoms with Crippen molar-refractivity contribution in [2.45, 2.75) is 55.5 Å². The number of rotatable bonds is 4. The lowest BCUT2D eigenvalue weighted by Crippen LogP contribution is -2.44. The number of fused-ring (bicyclic) bond motifs is 1. The lowest BCUT2D eigenvalue weighted by Gasteiger charge is -2.27. The van der Waals surface area contributed by atoms with Gasteiger partial charge in [-0.05, 0) is 19.1 Å². The van der Waals surface area contributed by atoms with E-state index in [-0.39, 0.29) is 12.4 Å². The number of ether oxygens (including phenoxy) is 2. The van der Waals surface area contributed by atoms with Crippen LogP contribution in [0.2, 0.25) is 0 Å². The summed E-state index contributed by atoms with van der Waals surface area (Å²) in [4.78, 5) is 23.0. The van der Waals surface area contributed by atoms with Crippen LogP contribution in [0.5, 0.6) is 0 Å². The fourth-order valence-corrected chi connectivity index (χ4v) is 4.30. The zero-order valence-corrected chi connectivity index (χ0v) is 19.6. The van der Waals surface area contributed by atoms with Gasteiger partial charge in [0.05, 0.1) is 18.6 Å². The van der Waals surface area contributed by atoms with E-state index in [1.807, 2.05) is 0 Å². The maximum Gasteiger partial charge on any atom is 0.351 e. The van der Waals surface area contributed by atoms with Crippen LogP contribution in [0.1, 0.15) is 19.4 Å². The molecule has 2 aliphatic heterocycles. The number of nitrogen functional groups attached to an aromatic ring is 2. The van der Waals surface area contributed by atoms with Gasteiger partial charge in [0.15, 0.2) is 12.5 Å². The highest BCUT2D eigenvalue weighted by Gasteiger charge is 2.53. The molecule has 16 nitrogen and oxygen atoms in total. The topological polar surface area (TPSA) is 257 Å². The third-order valence-corrected chi connectivity index (χ3v) is 6.37. The van der Waals surface area contributed by atoms with Crippen molar-refractivity contribution in [2.75, 3.05) is 24.7 Å². The van der Waals surface area contributed by atoms with E-state index >= 15 is 0 Å². The average molecular weight is 524 g/mol. The van der Waals surface area contributed by atoms with Crippen molar-refractivity contribution in [1.82, 2.24) is 24.1 Å². The molecular weight excluding hydrogens is 494 g/mol. The van der Waals surface area contributed by atoms with E-state index in [9.17, 15) is 30.3 Å². The standard InChI is InChI=1S/C12H16N4O4.C9H13N3O5/c1-12(19)8(18)7(4-17)20-11(12)16-3-2-6-9(13)14-5-15-10(6)16;10-5-1-2-12(9(16)11-5)8-7(15)6(14)4(3-13)17-8/h2-3,5,7-8,11,17-19H,4H2,1H3,(H2,13,14,15);1-2,4,6-8,13-15H,3H2,(H2,10,11,16)/t7-,8-,11-,12-;4-,6-,7-,8-/m11/s1. The summed E-state index contributed by atoms with van der Waals surface area (Å²) >= 11 is 0. The molecule has 0 radical (unpaired) electrons. The third kappa shape index (κ3) is 4.76. The average Bonchev–Trinajstić information content (AvgIpc) is 3.48. The molecule has 0 bridgehead atoms. The molecule has 0 aromatic carbocycles. The van der Waals surface area contributed by atoms with Crippen LogP contribution in [0.4, 0.5) is 11.6 Å². The Labute approximate surface area is 209 Å². The lowest BCUT2D eigenvalue weighted by molar-refractivity contribution is -0.0948. The van der Waals surface area contributed by atoms with Crippen LogP contribution in [0.3, 0.4) is 0 Å². The molecule has 0 spiro atoms. The van der Waals surface area contributed by atoms with Crippen molar-refractivity contribution in [1.29, 1.82) is 0 Å². The SMILES string of the molecule is C[C@@]1(O)[C@H](O)[C@@H](CO)O[C@H]1n1ccc2c(N)ncnc21.Nc1ccn([C@@H]2O[C@H](CO)[C@@H](O)[C@H]2O)c(=O)n1. The summed E-state index contributed by atoms with van der Waals surface area (Å²) in [7, 11) is 0. The van der Waals surface area contributed by atoms with Crippen LogP contribution < -0.4 is 17.2 Å². The first-order chi connectivity index (χ1) is 17.5. The number of hydrogen-bond acceptors (Lipinski definition) is 14. The van der Waals surface area contributed by atoms with Crippen LogP contribution in [-0.4, -0.2) is 104 Å². The molecule has 37 heavy (non-hydrogen) atoms. The summed E-state index contributed by atoms with van der Waals surface area (Å²) < 4.78 is 13.3. The van der Waals surface area contributed by atoms with Gasteiger partial charge < -0.3 is 56.1 Å². The quantitative estimate of drug-likeness (QED) is 0.165. The van der Waals surface area contributed by atoms with Crippen molar-refractivity contribution in [2.24, 2.45) is 0 Å². The van der Waals surface area contributed by atoms with Crippen LogP contribution in [0.25, 0.3) is 11.0 Å². The molecular formula is C21H29N7O9. The van der Waals surface area contributed by atoms with E-state index in [0.29, 0.717) is 16.9 Å². The Morgan fingerprint density at radius 2 is 1.68 bits per heavy atom. The number of aliphatic hydroxyl groups excluding tert-OH is 5. The Bertz CT molecular complexity index is 1300. The number of hydrogen-bond donors (Lipinski definition) is 8. The second-order valence-electron chi connectivity index (χ2n) is 8.87. The van der Waals surface area contributed by atoms with Gasteiger partial charge in [0, 0.05) is 12.4 Å². The van der Waals surface area contributed by atoms with Crippen LogP contribution in [0.15, 0.2) is 35.6 Å². The van der Waals surface area contributed by atoms with E-state index in [4.69, 9.17) is 26.0 Å². The minimum atomic E-state index is -1.56. The van der Waals surface area contributed by atoms with Gasteiger partial charge in [0.25, 0.3) is 0 Å². The predicted octanol–water partition coefficient (Wildman–Crippen LogP) is -3.55. The predicted molar refractivity (Wildman–Crippen MR) is 125 cm³/mol. The molecule has 2 fully saturated rings. The third-order valence-electron chi connectivity index (χ3n) is 6.37. The fraction of sp³-hybridized carbons (Fsp3) is 0.524. The summed E-state index contributed by atoms with van der Waals surface area (Å²) in [5.41, 5.74) is 9.33. The lowest BCUT2D eigenvalue weighted by atomic mass is 9.96. The van der Waals surface area contributed by atoms with Crippen molar-refractivity contribution >= 4 is 22.7 Å². The molecule has 10 N–H and O–H groups in total. The number of aromatic nitrogens is 5. The van der Waals surface area contributed by atoms with E-state index < -0.39 is 60.9 Å². The van der Waals surface area contributed by atoms with E-state index in [2.05, 4.69) is 15.0 Å². The summed E-state index contributed by atoms with van der Waals surface area (Å²) in [6.45, 7) is 0.615. The monoisotopic (exact) mass is 523 g/mol. The second-order valence-corrected chi connectivity index (χ2v) is 8.87. The molecule has 3 aromatic rings. The Balaban J connectivity index is 0.000000176. The van der Waals surface area contributed by atoms with Crippen molar-refractivity contribution in [3.63, 3.8) is 0 Å². The summed E-state index contributed by atoms with van der Waals surface area (Å²) in [5.74, 6) is 0.378. The number of nitrogens with zero attached hydrogens (tertiary/aromatic N) is 5. The van der Waals surface area contributed by atoms with Gasteiger partial charge in [0.2, 0.25) is 0 Å². The van der Waals surface area contributed by atoms with Gasteiger partial charge in [-0.25, -0.2) is 14.8 Å². The Morgan fingerprint density at radius 3 is 2.27 bits per heavy atom. The Kier molecular flexibility index (Phi) is 7.45. The molecule has 0 saturated carbocycles. The van der Waals surface area contributed by atoms with Crippen LogP contribution in [0, 0.1) is 0 Å². The molecule has 8 atom stereocenters. The van der Waals surface area contributed by atoms with E-state index in [0.717, 1.165) is 4.57 Å². The van der Waals surface area contributed by atoms with Crippen LogP contribution >= 0.6 is 0 Å². The molecule has 16 heteroatoms. The molecule has 5 heterocycles. The van der Waals surface area contributed by atoms with Crippen molar-refractivity contribution in [3.8, 4) is 0 Å². The highest BCUT2D eigenvalue weighted by Crippen LogP contribution is 2.39. The zero-order chi connectivity index (χ0) is 27.1. The maximum atomic E-state index is 11.5. The summed E-state index contributed by atoms with van der Waals surface area (Å²) in [6, 6.07) is 3.08. The smallest absolute Gasteiger partial charge is 0.351 e. The maximum absolute atomic E-state index is 11.5. The van der Waals surface area contributed by atoms with Crippen molar-refractivity contribution in [3.05, 3.63) is 41.3 Å². The first kappa shape index (κ1) is 26.8. The number of anilines is 2. The van der Waals surface area contributed by atoms with Gasteiger partial charge in [0.1, 0.15) is 59.7 Å². The summed E-state index contributed by atoms with van der Waals surface area (Å²) in [6.07, 6.45) is -3.22. The first-order valence-electron chi connectivity index (χ1n) is 11.2. The Morgan fingerprint density at radius 1 is 1.00 bits per heavy atom. The normalized spacial score (nSPS) is 33.4. The molecule has 0 aliphatic carbocycles. The van der Waals surface area contributed by atoms with Gasteiger partial charge in [-0.15, -0.1) is 0 Å². The van der Waals surface area contributed by atoms with E-state index in [1.54, 1.807) is 16.8 Å². The molecule has 0 amide bonds. The zero-order valence-electron chi connectivity index (χ0n) is 19.6. The van der Waals surface area contributed by atoms with Gasteiger partial charge in [-0.1, -0.05) is 0 Å². The van der Waals surface area contributed by atoms with Crippen LogP contribution in [-0.2, 0) is 9.47 Å². The van der Waals surface area contributed by atoms with Gasteiger partial charge in [-0.2, -0.15) is 4.98 Å². The minimum Gasteiger partial charge on any atom is -0.394 e.